The molecule has 0 fully saturated rings. The molecule has 1 aromatic heterocycles. The molecule has 3 rings (SSSR count). The molecule has 0 spiro atoms. The van der Waals surface area contributed by atoms with E-state index in [4.69, 9.17) is 4.74 Å². The molecule has 3 nitrogen and oxygen atoms in total. The van der Waals surface area contributed by atoms with Crippen LogP contribution in [-0.4, -0.2) is 12.1 Å². The summed E-state index contributed by atoms with van der Waals surface area (Å²) in [4.78, 5) is 3.25. The van der Waals surface area contributed by atoms with Crippen molar-refractivity contribution in [2.24, 2.45) is 0 Å². The van der Waals surface area contributed by atoms with Crippen LogP contribution in [0, 0.1) is 0 Å². The van der Waals surface area contributed by atoms with Crippen LogP contribution in [0.1, 0.15) is 24.1 Å². The number of aromatic amines is 1. The van der Waals surface area contributed by atoms with Gasteiger partial charge in [-0.15, -0.1) is 0 Å². The first kappa shape index (κ1) is 13.7. The second-order valence-electron chi connectivity index (χ2n) is 5.24. The Morgan fingerprint density at radius 3 is 2.86 bits per heavy atom. The first-order chi connectivity index (χ1) is 10.3. The van der Waals surface area contributed by atoms with E-state index in [-0.39, 0.29) is 6.04 Å². The fourth-order valence-electron chi connectivity index (χ4n) is 2.61. The van der Waals surface area contributed by atoms with Gasteiger partial charge in [-0.1, -0.05) is 30.3 Å². The Morgan fingerprint density at radius 1 is 1.14 bits per heavy atom. The number of rotatable bonds is 5. The Morgan fingerprint density at radius 2 is 2.00 bits per heavy atom. The van der Waals surface area contributed by atoms with Crippen molar-refractivity contribution >= 4 is 10.9 Å². The van der Waals surface area contributed by atoms with Crippen molar-refractivity contribution in [2.75, 3.05) is 7.11 Å². The van der Waals surface area contributed by atoms with Gasteiger partial charge in [-0.05, 0) is 36.1 Å². The van der Waals surface area contributed by atoms with Gasteiger partial charge in [-0.25, -0.2) is 0 Å². The van der Waals surface area contributed by atoms with Gasteiger partial charge in [0.15, 0.2) is 0 Å². The highest BCUT2D eigenvalue weighted by atomic mass is 16.5. The van der Waals surface area contributed by atoms with Gasteiger partial charge in [-0.3, -0.25) is 0 Å². The van der Waals surface area contributed by atoms with Gasteiger partial charge in [0.2, 0.25) is 0 Å². The molecule has 3 heteroatoms. The Bertz CT molecular complexity index is 733. The van der Waals surface area contributed by atoms with Crippen molar-refractivity contribution in [1.82, 2.24) is 10.3 Å². The molecule has 0 saturated carbocycles. The number of para-hydroxylation sites is 1. The zero-order valence-corrected chi connectivity index (χ0v) is 12.4. The molecule has 0 aliphatic rings. The maximum Gasteiger partial charge on any atom is 0.123 e. The van der Waals surface area contributed by atoms with Crippen LogP contribution in [-0.2, 0) is 6.54 Å². The number of hydrogen-bond donors (Lipinski definition) is 2. The van der Waals surface area contributed by atoms with E-state index in [9.17, 15) is 0 Å². The van der Waals surface area contributed by atoms with E-state index >= 15 is 0 Å². The lowest BCUT2D eigenvalue weighted by molar-refractivity contribution is 0.401. The number of aromatic nitrogens is 1. The van der Waals surface area contributed by atoms with Crippen molar-refractivity contribution in [1.29, 1.82) is 0 Å². The standard InChI is InChI=1S/C18H20N2O/c1-13(16-5-3-4-6-18(16)21-2)20-12-14-7-8-15-9-10-19-17(15)11-14/h3-11,13,19-20H,12H2,1-2H3/t13-/m0/s1. The largest absolute Gasteiger partial charge is 0.496 e. The molecule has 3 aromatic rings. The van der Waals surface area contributed by atoms with E-state index < -0.39 is 0 Å². The van der Waals surface area contributed by atoms with Crippen LogP contribution in [0.3, 0.4) is 0 Å². The molecule has 0 bridgehead atoms. The first-order valence-corrected chi connectivity index (χ1v) is 7.20. The number of methoxy groups -OCH3 is 1. The average molecular weight is 280 g/mol. The fraction of sp³-hybridized carbons (Fsp3) is 0.222. The third-order valence-corrected chi connectivity index (χ3v) is 3.84. The highest BCUT2D eigenvalue weighted by Crippen LogP contribution is 2.24. The smallest absolute Gasteiger partial charge is 0.123 e. The number of nitrogens with one attached hydrogen (secondary N) is 2. The molecule has 0 radical (unpaired) electrons. The molecular formula is C18H20N2O. The van der Waals surface area contributed by atoms with Crippen LogP contribution in [0.4, 0.5) is 0 Å². The van der Waals surface area contributed by atoms with E-state index in [2.05, 4.69) is 47.6 Å². The topological polar surface area (TPSA) is 37.0 Å². The number of benzene rings is 2. The molecule has 0 unspecified atom stereocenters. The van der Waals surface area contributed by atoms with Gasteiger partial charge in [0.25, 0.3) is 0 Å². The summed E-state index contributed by atoms with van der Waals surface area (Å²) < 4.78 is 5.42. The van der Waals surface area contributed by atoms with Crippen LogP contribution in [0.5, 0.6) is 5.75 Å². The predicted molar refractivity (Wildman–Crippen MR) is 86.5 cm³/mol. The maximum atomic E-state index is 5.42. The van der Waals surface area contributed by atoms with Crippen molar-refractivity contribution < 1.29 is 4.74 Å². The Balaban J connectivity index is 1.71. The minimum Gasteiger partial charge on any atom is -0.496 e. The zero-order chi connectivity index (χ0) is 14.7. The van der Waals surface area contributed by atoms with E-state index in [1.54, 1.807) is 7.11 Å². The predicted octanol–water partition coefficient (Wildman–Crippen LogP) is 4.03. The lowest BCUT2D eigenvalue weighted by Gasteiger charge is -2.17. The van der Waals surface area contributed by atoms with Crippen LogP contribution < -0.4 is 10.1 Å². The first-order valence-electron chi connectivity index (χ1n) is 7.20. The van der Waals surface area contributed by atoms with E-state index in [0.717, 1.165) is 12.3 Å². The highest BCUT2D eigenvalue weighted by Gasteiger charge is 2.10. The van der Waals surface area contributed by atoms with Gasteiger partial charge >= 0.3 is 0 Å². The van der Waals surface area contributed by atoms with Gasteiger partial charge in [0, 0.05) is 29.9 Å². The van der Waals surface area contributed by atoms with Crippen LogP contribution in [0.25, 0.3) is 10.9 Å². The van der Waals surface area contributed by atoms with Crippen molar-refractivity contribution in [2.45, 2.75) is 19.5 Å². The lowest BCUT2D eigenvalue weighted by Crippen LogP contribution is -2.18. The summed E-state index contributed by atoms with van der Waals surface area (Å²) in [6, 6.07) is 17.0. The number of H-pyrrole nitrogens is 1. The van der Waals surface area contributed by atoms with E-state index in [0.29, 0.717) is 0 Å². The molecule has 0 aliphatic heterocycles. The lowest BCUT2D eigenvalue weighted by atomic mass is 10.1. The van der Waals surface area contributed by atoms with Crippen LogP contribution in [0.2, 0.25) is 0 Å². The molecule has 0 amide bonds. The average Bonchev–Trinajstić information content (AvgIpc) is 3.00. The minimum absolute atomic E-state index is 0.237. The monoisotopic (exact) mass is 280 g/mol. The number of fused-ring (bicyclic) bond motifs is 1. The summed E-state index contributed by atoms with van der Waals surface area (Å²) in [5.41, 5.74) is 3.63. The molecule has 2 N–H and O–H groups in total. The third-order valence-electron chi connectivity index (χ3n) is 3.84. The van der Waals surface area contributed by atoms with Crippen molar-refractivity contribution in [3.05, 3.63) is 65.9 Å². The van der Waals surface area contributed by atoms with Crippen LogP contribution in [0.15, 0.2) is 54.7 Å². The third kappa shape index (κ3) is 2.93. The van der Waals surface area contributed by atoms with E-state index in [1.165, 1.54) is 22.0 Å². The summed E-state index contributed by atoms with van der Waals surface area (Å²) in [5, 5.41) is 4.80. The quantitative estimate of drug-likeness (QED) is 0.740. The van der Waals surface area contributed by atoms with Gasteiger partial charge in [-0.2, -0.15) is 0 Å². The van der Waals surface area contributed by atoms with E-state index in [1.807, 2.05) is 24.4 Å². The molecule has 108 valence electrons. The zero-order valence-electron chi connectivity index (χ0n) is 12.4. The van der Waals surface area contributed by atoms with Gasteiger partial charge in [0.05, 0.1) is 7.11 Å². The summed E-state index contributed by atoms with van der Waals surface area (Å²) in [7, 11) is 1.71. The summed E-state index contributed by atoms with van der Waals surface area (Å²) >= 11 is 0. The van der Waals surface area contributed by atoms with Gasteiger partial charge in [0.1, 0.15) is 5.75 Å². The molecule has 2 aromatic carbocycles. The second kappa shape index (κ2) is 6.02. The second-order valence-corrected chi connectivity index (χ2v) is 5.24. The van der Waals surface area contributed by atoms with Crippen molar-refractivity contribution in [3.63, 3.8) is 0 Å². The van der Waals surface area contributed by atoms with Crippen molar-refractivity contribution in [3.8, 4) is 5.75 Å². The molecule has 21 heavy (non-hydrogen) atoms. The molecular weight excluding hydrogens is 260 g/mol. The highest BCUT2D eigenvalue weighted by molar-refractivity contribution is 5.79. The maximum absolute atomic E-state index is 5.42. The minimum atomic E-state index is 0.237. The molecule has 0 aliphatic carbocycles. The summed E-state index contributed by atoms with van der Waals surface area (Å²) in [5.74, 6) is 0.928. The summed E-state index contributed by atoms with van der Waals surface area (Å²) in [6.07, 6.45) is 1.97. The normalized spacial score (nSPS) is 12.5. The number of ether oxygens (including phenoxy) is 1. The molecule has 1 heterocycles. The number of hydrogen-bond acceptors (Lipinski definition) is 2. The SMILES string of the molecule is COc1ccccc1[C@H](C)NCc1ccc2cc[nH]c2c1. The Labute approximate surface area is 125 Å². The fourth-order valence-corrected chi connectivity index (χ4v) is 2.61. The Kier molecular flexibility index (Phi) is 3.93. The summed E-state index contributed by atoms with van der Waals surface area (Å²) in [6.45, 7) is 2.99. The van der Waals surface area contributed by atoms with Gasteiger partial charge < -0.3 is 15.0 Å². The van der Waals surface area contributed by atoms with Crippen LogP contribution >= 0.6 is 0 Å². The molecule has 0 saturated heterocycles. The Hall–Kier alpha value is -2.26. The molecule has 1 atom stereocenters.